The Morgan fingerprint density at radius 1 is 0.900 bits per heavy atom. The summed E-state index contributed by atoms with van der Waals surface area (Å²) in [6.45, 7) is 1.57. The summed E-state index contributed by atoms with van der Waals surface area (Å²) in [5.41, 5.74) is 0. The Labute approximate surface area is 138 Å². The van der Waals surface area contributed by atoms with Crippen LogP contribution < -0.4 is 5.11 Å². The Kier molecular flexibility index (Phi) is 21.3. The average Bonchev–Trinajstić information content (AvgIpc) is 3.20. The van der Waals surface area contributed by atoms with Gasteiger partial charge in [-0.3, -0.25) is 12.2 Å². The maximum absolute atomic E-state index is 8.93. The molecule has 0 heterocycles. The molecule has 2 aliphatic rings. The standard InChI is InChI=1S/C6H5.2C5H5.C2H5O.Ti/c1-2-4-6-5-3-1;2*1-2-4-5-3-1;1-2-3;/h1-5H;2*1-3H,4H2;2H2,1H3;/q4*-1;+4. The molecule has 0 amide bonds. The Balaban J connectivity index is 0. The molecule has 0 bridgehead atoms. The van der Waals surface area contributed by atoms with Crippen LogP contribution in [0.15, 0.2) is 66.8 Å². The molecule has 2 aliphatic carbocycles. The number of allylic oxidation sites excluding steroid dienone is 8. The first kappa shape index (κ1) is 21.2. The molecule has 0 saturated carbocycles. The summed E-state index contributed by atoms with van der Waals surface area (Å²) < 4.78 is 0. The van der Waals surface area contributed by atoms with E-state index >= 15 is 0 Å². The van der Waals surface area contributed by atoms with Gasteiger partial charge in [-0.25, -0.2) is 24.3 Å². The second-order valence-corrected chi connectivity index (χ2v) is 3.37. The molecule has 0 fully saturated rings. The van der Waals surface area contributed by atoms with Gasteiger partial charge in [-0.05, 0) is 0 Å². The fourth-order valence-corrected chi connectivity index (χ4v) is 1.02. The maximum Gasteiger partial charge on any atom is 4.00 e. The molecular formula is C18H20OTi. The van der Waals surface area contributed by atoms with E-state index in [1.807, 2.05) is 54.6 Å². The second kappa shape index (κ2) is 20.2. The molecule has 1 aromatic carbocycles. The normalized spacial score (nSPS) is 12.1. The number of hydrogen-bond donors (Lipinski definition) is 0. The van der Waals surface area contributed by atoms with E-state index < -0.39 is 0 Å². The molecule has 0 aliphatic heterocycles. The van der Waals surface area contributed by atoms with Crippen LogP contribution in [0.2, 0.25) is 0 Å². The minimum absolute atomic E-state index is 0. The fraction of sp³-hybridized carbons (Fsp3) is 0.222. The largest absolute Gasteiger partial charge is 4.00 e. The molecule has 3 rings (SSSR count). The first-order valence-corrected chi connectivity index (χ1v) is 6.34. The van der Waals surface area contributed by atoms with Crippen molar-refractivity contribution in [3.05, 3.63) is 85.0 Å². The van der Waals surface area contributed by atoms with E-state index in [4.69, 9.17) is 5.11 Å². The molecule has 0 saturated heterocycles. The third-order valence-corrected chi connectivity index (χ3v) is 1.78. The Morgan fingerprint density at radius 2 is 1.35 bits per heavy atom. The van der Waals surface area contributed by atoms with Crippen molar-refractivity contribution in [2.45, 2.75) is 19.8 Å². The Hall–Kier alpha value is -1.15. The Bertz CT molecular complexity index is 309. The van der Waals surface area contributed by atoms with Crippen LogP contribution >= 0.6 is 0 Å². The van der Waals surface area contributed by atoms with Crippen molar-refractivity contribution in [3.8, 4) is 0 Å². The monoisotopic (exact) mass is 300 g/mol. The molecule has 2 heteroatoms. The van der Waals surface area contributed by atoms with Crippen molar-refractivity contribution >= 4 is 0 Å². The molecular weight excluding hydrogens is 280 g/mol. The summed E-state index contributed by atoms with van der Waals surface area (Å²) in [5.74, 6) is 0. The minimum Gasteiger partial charge on any atom is -0.855 e. The molecule has 20 heavy (non-hydrogen) atoms. The van der Waals surface area contributed by atoms with Gasteiger partial charge in [-0.15, -0.1) is 19.4 Å². The van der Waals surface area contributed by atoms with Crippen LogP contribution in [0.3, 0.4) is 0 Å². The quantitative estimate of drug-likeness (QED) is 0.531. The van der Waals surface area contributed by atoms with E-state index in [1.54, 1.807) is 6.92 Å². The van der Waals surface area contributed by atoms with Crippen LogP contribution in [-0.2, 0) is 21.7 Å². The summed E-state index contributed by atoms with van der Waals surface area (Å²) in [7, 11) is 0. The van der Waals surface area contributed by atoms with E-state index in [2.05, 4.69) is 30.4 Å². The van der Waals surface area contributed by atoms with Crippen molar-refractivity contribution in [1.29, 1.82) is 0 Å². The summed E-state index contributed by atoms with van der Waals surface area (Å²) in [6.07, 6.45) is 20.0. The van der Waals surface area contributed by atoms with Crippen LogP contribution in [-0.4, -0.2) is 6.61 Å². The van der Waals surface area contributed by atoms with Crippen LogP contribution in [0.5, 0.6) is 0 Å². The molecule has 0 unspecified atom stereocenters. The van der Waals surface area contributed by atoms with E-state index in [1.165, 1.54) is 0 Å². The van der Waals surface area contributed by atoms with Gasteiger partial charge in [-0.2, -0.15) is 48.6 Å². The Morgan fingerprint density at radius 3 is 1.45 bits per heavy atom. The van der Waals surface area contributed by atoms with Gasteiger partial charge in [0, 0.05) is 0 Å². The van der Waals surface area contributed by atoms with E-state index in [-0.39, 0.29) is 28.3 Å². The number of benzene rings is 1. The van der Waals surface area contributed by atoms with Gasteiger partial charge in [0.05, 0.1) is 0 Å². The predicted molar refractivity (Wildman–Crippen MR) is 79.0 cm³/mol. The summed E-state index contributed by atoms with van der Waals surface area (Å²) in [4.78, 5) is 0. The van der Waals surface area contributed by atoms with Gasteiger partial charge >= 0.3 is 21.7 Å². The summed E-state index contributed by atoms with van der Waals surface area (Å²) >= 11 is 0. The van der Waals surface area contributed by atoms with Crippen molar-refractivity contribution in [2.24, 2.45) is 0 Å². The molecule has 0 aromatic heterocycles. The molecule has 0 radical (unpaired) electrons. The van der Waals surface area contributed by atoms with Gasteiger partial charge < -0.3 is 5.11 Å². The summed E-state index contributed by atoms with van der Waals surface area (Å²) in [5, 5.41) is 8.93. The van der Waals surface area contributed by atoms with Crippen molar-refractivity contribution in [2.75, 3.05) is 6.61 Å². The van der Waals surface area contributed by atoms with E-state index in [0.29, 0.717) is 0 Å². The van der Waals surface area contributed by atoms with Crippen LogP contribution in [0.1, 0.15) is 19.8 Å². The minimum atomic E-state index is 0. The van der Waals surface area contributed by atoms with Crippen molar-refractivity contribution in [3.63, 3.8) is 0 Å². The van der Waals surface area contributed by atoms with Gasteiger partial charge in [0.15, 0.2) is 0 Å². The predicted octanol–water partition coefficient (Wildman–Crippen LogP) is 3.46. The molecule has 0 atom stereocenters. The SMILES string of the molecule is CC[O-].[C-]1=CC=CC1.[C-]1=CC=CC1.[Ti+4].[c-]1ccccc1. The topological polar surface area (TPSA) is 23.1 Å². The maximum atomic E-state index is 8.93. The zero-order valence-electron chi connectivity index (χ0n) is 11.9. The average molecular weight is 300 g/mol. The second-order valence-electron chi connectivity index (χ2n) is 3.37. The number of rotatable bonds is 0. The van der Waals surface area contributed by atoms with Gasteiger partial charge in [0.2, 0.25) is 0 Å². The molecule has 1 nitrogen and oxygen atoms in total. The summed E-state index contributed by atoms with van der Waals surface area (Å²) in [6, 6.07) is 12.5. The van der Waals surface area contributed by atoms with E-state index in [9.17, 15) is 0 Å². The molecule has 1 aromatic rings. The fourth-order valence-electron chi connectivity index (χ4n) is 1.02. The first-order valence-electron chi connectivity index (χ1n) is 6.34. The third kappa shape index (κ3) is 19.2. The zero-order chi connectivity index (χ0) is 14.0. The van der Waals surface area contributed by atoms with Crippen LogP contribution in [0.25, 0.3) is 0 Å². The third-order valence-electron chi connectivity index (χ3n) is 1.78. The zero-order valence-corrected chi connectivity index (χ0v) is 13.4. The number of hydrogen-bond acceptors (Lipinski definition) is 1. The van der Waals surface area contributed by atoms with Gasteiger partial charge in [0.25, 0.3) is 0 Å². The first-order chi connectivity index (χ1) is 9.41. The molecule has 0 N–H and O–H groups in total. The van der Waals surface area contributed by atoms with Crippen molar-refractivity contribution in [1.82, 2.24) is 0 Å². The van der Waals surface area contributed by atoms with Crippen LogP contribution in [0.4, 0.5) is 0 Å². The smallest absolute Gasteiger partial charge is 0.855 e. The van der Waals surface area contributed by atoms with Gasteiger partial charge in [0.1, 0.15) is 0 Å². The van der Waals surface area contributed by atoms with Crippen molar-refractivity contribution < 1.29 is 26.8 Å². The molecule has 102 valence electrons. The van der Waals surface area contributed by atoms with Crippen LogP contribution in [0, 0.1) is 18.2 Å². The molecule has 0 spiro atoms. The van der Waals surface area contributed by atoms with Gasteiger partial charge in [-0.1, -0.05) is 6.92 Å². The van der Waals surface area contributed by atoms with E-state index in [0.717, 1.165) is 12.8 Å².